The van der Waals surface area contributed by atoms with E-state index in [9.17, 15) is 0 Å². The number of aryl methyl sites for hydroxylation is 3. The summed E-state index contributed by atoms with van der Waals surface area (Å²) in [6.07, 6.45) is 1.74. The lowest BCUT2D eigenvalue weighted by Gasteiger charge is -2.05. The lowest BCUT2D eigenvalue weighted by molar-refractivity contribution is 0.535. The van der Waals surface area contributed by atoms with Crippen LogP contribution in [0, 0.1) is 20.8 Å². The van der Waals surface area contributed by atoms with E-state index in [-0.39, 0.29) is 0 Å². The molecule has 0 atom stereocenters. The summed E-state index contributed by atoms with van der Waals surface area (Å²) >= 11 is 0. The molecule has 1 aromatic carbocycles. The van der Waals surface area contributed by atoms with Crippen LogP contribution in [-0.2, 0) is 0 Å². The van der Waals surface area contributed by atoms with Crippen LogP contribution in [0.3, 0.4) is 0 Å². The van der Waals surface area contributed by atoms with Gasteiger partial charge < -0.3 is 4.42 Å². The van der Waals surface area contributed by atoms with Crippen molar-refractivity contribution >= 4 is 0 Å². The number of rotatable bonds is 1. The van der Waals surface area contributed by atoms with E-state index in [2.05, 4.69) is 32.0 Å². The summed E-state index contributed by atoms with van der Waals surface area (Å²) in [5.41, 5.74) is 5.06. The molecule has 0 unspecified atom stereocenters. The zero-order valence-electron chi connectivity index (χ0n) is 8.79. The number of furan rings is 1. The molecule has 2 aromatic rings. The van der Waals surface area contributed by atoms with Gasteiger partial charge in [0.25, 0.3) is 0 Å². The largest absolute Gasteiger partial charge is 0.469 e. The van der Waals surface area contributed by atoms with Gasteiger partial charge in [-0.05, 0) is 38.0 Å². The summed E-state index contributed by atoms with van der Waals surface area (Å²) in [5.74, 6) is 0.983. The molecule has 0 saturated carbocycles. The van der Waals surface area contributed by atoms with Crippen LogP contribution in [0.25, 0.3) is 11.1 Å². The molecule has 0 spiro atoms. The second-order valence-corrected chi connectivity index (χ2v) is 3.71. The average Bonchev–Trinajstić information content (AvgIpc) is 2.52. The van der Waals surface area contributed by atoms with E-state index in [1.165, 1.54) is 22.3 Å². The lowest BCUT2D eigenvalue weighted by Crippen LogP contribution is -1.84. The summed E-state index contributed by atoms with van der Waals surface area (Å²) < 4.78 is 5.30. The van der Waals surface area contributed by atoms with Gasteiger partial charge in [-0.25, -0.2) is 0 Å². The van der Waals surface area contributed by atoms with Gasteiger partial charge in [0.1, 0.15) is 5.76 Å². The van der Waals surface area contributed by atoms with E-state index in [1.807, 2.05) is 13.0 Å². The molecular weight excluding hydrogens is 172 g/mol. The Morgan fingerprint density at radius 2 is 1.71 bits per heavy atom. The minimum Gasteiger partial charge on any atom is -0.469 e. The van der Waals surface area contributed by atoms with Crippen LogP contribution in [0.4, 0.5) is 0 Å². The first kappa shape index (κ1) is 9.07. The summed E-state index contributed by atoms with van der Waals surface area (Å²) in [6.45, 7) is 6.24. The molecule has 1 heterocycles. The fourth-order valence-corrected chi connectivity index (χ4v) is 1.78. The highest BCUT2D eigenvalue weighted by Gasteiger charge is 2.06. The molecule has 0 N–H and O–H groups in total. The van der Waals surface area contributed by atoms with Crippen LogP contribution < -0.4 is 0 Å². The second-order valence-electron chi connectivity index (χ2n) is 3.71. The first-order valence-electron chi connectivity index (χ1n) is 4.80. The minimum absolute atomic E-state index is 0.983. The van der Waals surface area contributed by atoms with Crippen molar-refractivity contribution in [1.29, 1.82) is 0 Å². The maximum atomic E-state index is 5.30. The van der Waals surface area contributed by atoms with Gasteiger partial charge in [-0.3, -0.25) is 0 Å². The van der Waals surface area contributed by atoms with E-state index in [4.69, 9.17) is 4.42 Å². The van der Waals surface area contributed by atoms with Crippen LogP contribution >= 0.6 is 0 Å². The van der Waals surface area contributed by atoms with Gasteiger partial charge in [-0.15, -0.1) is 0 Å². The quantitative estimate of drug-likeness (QED) is 0.658. The number of hydrogen-bond acceptors (Lipinski definition) is 1. The minimum atomic E-state index is 0.983. The van der Waals surface area contributed by atoms with Gasteiger partial charge in [-0.1, -0.05) is 23.8 Å². The van der Waals surface area contributed by atoms with Crippen LogP contribution in [0.5, 0.6) is 0 Å². The Balaban J connectivity index is 2.58. The Labute approximate surface area is 84.4 Å². The van der Waals surface area contributed by atoms with Crippen LogP contribution in [0.2, 0.25) is 0 Å². The van der Waals surface area contributed by atoms with Crippen molar-refractivity contribution in [1.82, 2.24) is 0 Å². The molecule has 14 heavy (non-hydrogen) atoms. The van der Waals surface area contributed by atoms with Crippen LogP contribution in [0.1, 0.15) is 16.9 Å². The van der Waals surface area contributed by atoms with E-state index >= 15 is 0 Å². The van der Waals surface area contributed by atoms with E-state index in [0.29, 0.717) is 0 Å². The number of hydrogen-bond donors (Lipinski definition) is 0. The van der Waals surface area contributed by atoms with Crippen molar-refractivity contribution in [3.05, 3.63) is 47.4 Å². The van der Waals surface area contributed by atoms with Gasteiger partial charge >= 0.3 is 0 Å². The second kappa shape index (κ2) is 3.33. The van der Waals surface area contributed by atoms with E-state index in [0.717, 1.165) is 5.76 Å². The first-order valence-corrected chi connectivity index (χ1v) is 4.80. The van der Waals surface area contributed by atoms with E-state index in [1.54, 1.807) is 6.26 Å². The molecule has 0 amide bonds. The van der Waals surface area contributed by atoms with Crippen LogP contribution in [0.15, 0.2) is 34.9 Å². The maximum absolute atomic E-state index is 5.30. The Morgan fingerprint density at radius 1 is 0.929 bits per heavy atom. The van der Waals surface area contributed by atoms with Crippen molar-refractivity contribution in [2.24, 2.45) is 0 Å². The predicted molar refractivity (Wildman–Crippen MR) is 58.4 cm³/mol. The third-order valence-corrected chi connectivity index (χ3v) is 2.53. The van der Waals surface area contributed by atoms with Gasteiger partial charge in [0.15, 0.2) is 0 Å². The van der Waals surface area contributed by atoms with Crippen molar-refractivity contribution in [3.8, 4) is 11.1 Å². The van der Waals surface area contributed by atoms with Crippen molar-refractivity contribution in [2.75, 3.05) is 0 Å². The molecule has 0 aliphatic heterocycles. The molecule has 1 aromatic heterocycles. The Bertz CT molecular complexity index is 452. The zero-order chi connectivity index (χ0) is 10.1. The highest BCUT2D eigenvalue weighted by molar-refractivity contribution is 5.69. The third-order valence-electron chi connectivity index (χ3n) is 2.53. The molecule has 0 bridgehead atoms. The fourth-order valence-electron chi connectivity index (χ4n) is 1.78. The predicted octanol–water partition coefficient (Wildman–Crippen LogP) is 3.87. The maximum Gasteiger partial charge on any atom is 0.108 e. The fraction of sp³-hybridized carbons (Fsp3) is 0.231. The molecule has 2 rings (SSSR count). The molecule has 0 aliphatic rings. The normalized spacial score (nSPS) is 10.5. The topological polar surface area (TPSA) is 13.1 Å². The Morgan fingerprint density at radius 3 is 2.29 bits per heavy atom. The highest BCUT2D eigenvalue weighted by Crippen LogP contribution is 2.27. The van der Waals surface area contributed by atoms with Gasteiger partial charge in [-0.2, -0.15) is 0 Å². The summed E-state index contributed by atoms with van der Waals surface area (Å²) in [6, 6.07) is 8.51. The van der Waals surface area contributed by atoms with Gasteiger partial charge in [0.2, 0.25) is 0 Å². The van der Waals surface area contributed by atoms with Crippen molar-refractivity contribution in [3.63, 3.8) is 0 Å². The molecule has 0 fully saturated rings. The Kier molecular flexibility index (Phi) is 2.16. The molecule has 1 heteroatoms. The first-order chi connectivity index (χ1) is 6.68. The van der Waals surface area contributed by atoms with Crippen molar-refractivity contribution in [2.45, 2.75) is 20.8 Å². The zero-order valence-corrected chi connectivity index (χ0v) is 8.79. The van der Waals surface area contributed by atoms with Crippen molar-refractivity contribution < 1.29 is 4.42 Å². The molecule has 1 nitrogen and oxygen atoms in total. The summed E-state index contributed by atoms with van der Waals surface area (Å²) in [7, 11) is 0. The van der Waals surface area contributed by atoms with Gasteiger partial charge in [0.05, 0.1) is 6.26 Å². The monoisotopic (exact) mass is 186 g/mol. The molecule has 72 valence electrons. The summed E-state index contributed by atoms with van der Waals surface area (Å²) in [5, 5.41) is 0. The van der Waals surface area contributed by atoms with E-state index < -0.39 is 0 Å². The lowest BCUT2D eigenvalue weighted by atomic mass is 9.99. The standard InChI is InChI=1S/C13H14O/c1-9-4-5-12(10(2)8-9)13-6-7-14-11(13)3/h4-8H,1-3H3. The summed E-state index contributed by atoms with van der Waals surface area (Å²) in [4.78, 5) is 0. The Hall–Kier alpha value is -1.50. The van der Waals surface area contributed by atoms with Crippen LogP contribution in [-0.4, -0.2) is 0 Å². The van der Waals surface area contributed by atoms with Gasteiger partial charge in [0, 0.05) is 5.56 Å². The molecule has 0 radical (unpaired) electrons. The molecule has 0 saturated heterocycles. The SMILES string of the molecule is Cc1ccc(-c2ccoc2C)c(C)c1. The highest BCUT2D eigenvalue weighted by atomic mass is 16.3. The average molecular weight is 186 g/mol. The number of benzene rings is 1. The molecular formula is C13H14O. The third kappa shape index (κ3) is 1.46. The smallest absolute Gasteiger partial charge is 0.108 e. The molecule has 0 aliphatic carbocycles.